The third-order valence-corrected chi connectivity index (χ3v) is 5.57. The fourth-order valence-corrected chi connectivity index (χ4v) is 3.96. The summed E-state index contributed by atoms with van der Waals surface area (Å²) in [6.45, 7) is 7.03. The number of nitrogens with one attached hydrogen (secondary N) is 2. The van der Waals surface area contributed by atoms with Crippen LogP contribution >= 0.6 is 11.3 Å². The predicted molar refractivity (Wildman–Crippen MR) is 103 cm³/mol. The molecule has 3 aromatic heterocycles. The van der Waals surface area contributed by atoms with E-state index in [9.17, 15) is 9.59 Å². The molecule has 0 unspecified atom stereocenters. The van der Waals surface area contributed by atoms with Gasteiger partial charge < -0.3 is 14.9 Å². The van der Waals surface area contributed by atoms with Crippen LogP contribution in [0, 0.1) is 13.8 Å². The van der Waals surface area contributed by atoms with Crippen LogP contribution in [0.2, 0.25) is 0 Å². The predicted octanol–water partition coefficient (Wildman–Crippen LogP) is 2.11. The fraction of sp³-hybridized carbons (Fsp3) is 0.444. The van der Waals surface area contributed by atoms with Gasteiger partial charge >= 0.3 is 0 Å². The van der Waals surface area contributed by atoms with Gasteiger partial charge in [0, 0.05) is 49.6 Å². The summed E-state index contributed by atoms with van der Waals surface area (Å²) in [6, 6.07) is 0. The molecule has 1 amide bonds. The van der Waals surface area contributed by atoms with Gasteiger partial charge in [-0.25, -0.2) is 9.97 Å². The molecule has 26 heavy (non-hydrogen) atoms. The molecule has 0 aliphatic carbocycles. The number of imidazole rings is 1. The molecular weight excluding hydrogens is 350 g/mol. The van der Waals surface area contributed by atoms with E-state index in [-0.39, 0.29) is 11.5 Å². The first-order valence-electron chi connectivity index (χ1n) is 8.75. The van der Waals surface area contributed by atoms with E-state index in [2.05, 4.69) is 20.3 Å². The van der Waals surface area contributed by atoms with Crippen molar-refractivity contribution in [1.82, 2.24) is 24.8 Å². The summed E-state index contributed by atoms with van der Waals surface area (Å²) in [4.78, 5) is 37.7. The number of hydrogen-bond acceptors (Lipinski definition) is 5. The van der Waals surface area contributed by atoms with Crippen LogP contribution < -0.4 is 10.9 Å². The molecule has 0 radical (unpaired) electrons. The van der Waals surface area contributed by atoms with Crippen molar-refractivity contribution in [2.24, 2.45) is 0 Å². The average molecular weight is 373 g/mol. The number of aromatic amines is 1. The van der Waals surface area contributed by atoms with Gasteiger partial charge in [0.05, 0.1) is 5.39 Å². The Balaban J connectivity index is 1.54. The third kappa shape index (κ3) is 3.85. The molecule has 0 aliphatic heterocycles. The second kappa shape index (κ2) is 7.82. The highest BCUT2D eigenvalue weighted by molar-refractivity contribution is 7.18. The van der Waals surface area contributed by atoms with E-state index >= 15 is 0 Å². The molecule has 0 fully saturated rings. The Morgan fingerprint density at radius 1 is 1.38 bits per heavy atom. The summed E-state index contributed by atoms with van der Waals surface area (Å²) in [5.41, 5.74) is 0.884. The lowest BCUT2D eigenvalue weighted by molar-refractivity contribution is -0.121. The third-order valence-electron chi connectivity index (χ3n) is 4.47. The number of aryl methyl sites for hydroxylation is 4. The Morgan fingerprint density at radius 3 is 2.96 bits per heavy atom. The zero-order valence-corrected chi connectivity index (χ0v) is 16.1. The van der Waals surface area contributed by atoms with Gasteiger partial charge in [0.25, 0.3) is 5.56 Å². The molecule has 0 aliphatic rings. The van der Waals surface area contributed by atoms with Crippen LogP contribution in [0.4, 0.5) is 0 Å². The molecule has 2 N–H and O–H groups in total. The van der Waals surface area contributed by atoms with E-state index in [1.165, 1.54) is 11.3 Å². The summed E-state index contributed by atoms with van der Waals surface area (Å²) in [7, 11) is 0. The summed E-state index contributed by atoms with van der Waals surface area (Å²) in [5, 5.41) is 3.56. The molecule has 0 aromatic carbocycles. The number of carbonyl (C=O) groups excluding carboxylic acids is 1. The monoisotopic (exact) mass is 373 g/mol. The minimum atomic E-state index is -0.106. The van der Waals surface area contributed by atoms with Crippen LogP contribution in [-0.4, -0.2) is 32.0 Å². The molecule has 3 heterocycles. The fourth-order valence-electron chi connectivity index (χ4n) is 2.91. The molecule has 7 nitrogen and oxygen atoms in total. The largest absolute Gasteiger partial charge is 0.356 e. The van der Waals surface area contributed by atoms with Gasteiger partial charge in [-0.3, -0.25) is 9.59 Å². The molecule has 0 atom stereocenters. The lowest BCUT2D eigenvalue weighted by atomic mass is 10.2. The molecule has 138 valence electrons. The maximum absolute atomic E-state index is 12.2. The van der Waals surface area contributed by atoms with Crippen molar-refractivity contribution in [3.63, 3.8) is 0 Å². The van der Waals surface area contributed by atoms with Crippen LogP contribution in [0.1, 0.15) is 35.4 Å². The summed E-state index contributed by atoms with van der Waals surface area (Å²) in [5.74, 6) is 1.56. The van der Waals surface area contributed by atoms with Crippen LogP contribution in [-0.2, 0) is 24.2 Å². The SMILES string of the molecule is CCc1nccn1CCC(=O)NCCc1nc2sc(C)c(C)c2c(=O)[nH]1. The van der Waals surface area contributed by atoms with E-state index in [0.717, 1.165) is 27.5 Å². The van der Waals surface area contributed by atoms with Gasteiger partial charge in [-0.1, -0.05) is 6.92 Å². The Bertz CT molecular complexity index is 985. The highest BCUT2D eigenvalue weighted by Crippen LogP contribution is 2.25. The van der Waals surface area contributed by atoms with Gasteiger partial charge in [-0.05, 0) is 19.4 Å². The number of rotatable bonds is 7. The Kier molecular flexibility index (Phi) is 5.51. The first-order chi connectivity index (χ1) is 12.5. The number of carbonyl (C=O) groups is 1. The van der Waals surface area contributed by atoms with Gasteiger partial charge in [-0.2, -0.15) is 0 Å². The van der Waals surface area contributed by atoms with E-state index in [1.807, 2.05) is 31.5 Å². The van der Waals surface area contributed by atoms with E-state index in [4.69, 9.17) is 0 Å². The highest BCUT2D eigenvalue weighted by atomic mass is 32.1. The Hall–Kier alpha value is -2.48. The van der Waals surface area contributed by atoms with E-state index in [0.29, 0.717) is 37.1 Å². The van der Waals surface area contributed by atoms with Crippen molar-refractivity contribution in [3.8, 4) is 0 Å². The quantitative estimate of drug-likeness (QED) is 0.663. The van der Waals surface area contributed by atoms with Gasteiger partial charge in [0.15, 0.2) is 0 Å². The molecule has 0 bridgehead atoms. The number of aromatic nitrogens is 4. The van der Waals surface area contributed by atoms with Crippen molar-refractivity contribution in [3.05, 3.63) is 44.8 Å². The first kappa shape index (κ1) is 18.3. The zero-order chi connectivity index (χ0) is 18.7. The Labute approximate surface area is 155 Å². The maximum Gasteiger partial charge on any atom is 0.259 e. The van der Waals surface area contributed by atoms with Gasteiger partial charge in [-0.15, -0.1) is 11.3 Å². The standard InChI is InChI=1S/C18H23N5O2S/c1-4-14-19-8-10-23(14)9-6-15(24)20-7-5-13-21-17(25)16-11(2)12(3)26-18(16)22-13/h8,10H,4-7,9H2,1-3H3,(H,20,24)(H,21,22,25). The number of fused-ring (bicyclic) bond motifs is 1. The van der Waals surface area contributed by atoms with Crippen LogP contribution in [0.3, 0.4) is 0 Å². The minimum absolute atomic E-state index is 0.0213. The number of thiophene rings is 1. The highest BCUT2D eigenvalue weighted by Gasteiger charge is 2.12. The minimum Gasteiger partial charge on any atom is -0.356 e. The molecule has 0 saturated heterocycles. The molecule has 0 spiro atoms. The molecule has 3 aromatic rings. The lowest BCUT2D eigenvalue weighted by Crippen LogP contribution is -2.27. The second-order valence-corrected chi connectivity index (χ2v) is 7.42. The number of H-pyrrole nitrogens is 1. The lowest BCUT2D eigenvalue weighted by Gasteiger charge is -2.07. The second-order valence-electron chi connectivity index (χ2n) is 6.22. The normalized spacial score (nSPS) is 11.2. The van der Waals surface area contributed by atoms with Crippen LogP contribution in [0.15, 0.2) is 17.2 Å². The van der Waals surface area contributed by atoms with Crippen molar-refractivity contribution < 1.29 is 4.79 Å². The van der Waals surface area contributed by atoms with Gasteiger partial charge in [0.1, 0.15) is 16.5 Å². The molecule has 3 rings (SSSR count). The molecular formula is C18H23N5O2S. The van der Waals surface area contributed by atoms with Gasteiger partial charge in [0.2, 0.25) is 5.91 Å². The molecule has 0 saturated carbocycles. The topological polar surface area (TPSA) is 92.7 Å². The van der Waals surface area contributed by atoms with E-state index in [1.54, 1.807) is 6.20 Å². The molecule has 8 heteroatoms. The summed E-state index contributed by atoms with van der Waals surface area (Å²) >= 11 is 1.53. The first-order valence-corrected chi connectivity index (χ1v) is 9.56. The number of hydrogen-bond donors (Lipinski definition) is 2. The van der Waals surface area contributed by atoms with Crippen molar-refractivity contribution in [1.29, 1.82) is 0 Å². The van der Waals surface area contributed by atoms with E-state index < -0.39 is 0 Å². The zero-order valence-electron chi connectivity index (χ0n) is 15.3. The van der Waals surface area contributed by atoms with Crippen LogP contribution in [0.25, 0.3) is 10.2 Å². The number of amides is 1. The average Bonchev–Trinajstić information content (AvgIpc) is 3.17. The van der Waals surface area contributed by atoms with Crippen LogP contribution in [0.5, 0.6) is 0 Å². The van der Waals surface area contributed by atoms with Crippen molar-refractivity contribution >= 4 is 27.5 Å². The Morgan fingerprint density at radius 2 is 2.19 bits per heavy atom. The van der Waals surface area contributed by atoms with Crippen molar-refractivity contribution in [2.75, 3.05) is 6.54 Å². The summed E-state index contributed by atoms with van der Waals surface area (Å²) < 4.78 is 1.99. The summed E-state index contributed by atoms with van der Waals surface area (Å²) in [6.07, 6.45) is 5.38. The smallest absolute Gasteiger partial charge is 0.259 e. The van der Waals surface area contributed by atoms with Crippen molar-refractivity contribution in [2.45, 2.75) is 46.6 Å². The number of nitrogens with zero attached hydrogens (tertiary/aromatic N) is 3. The maximum atomic E-state index is 12.2.